The monoisotopic (exact) mass is 401 g/mol. The van der Waals surface area contributed by atoms with E-state index in [2.05, 4.69) is 25.6 Å². The Morgan fingerprint density at radius 1 is 1.11 bits per heavy atom. The van der Waals surface area contributed by atoms with Gasteiger partial charge in [0.15, 0.2) is 0 Å². The summed E-state index contributed by atoms with van der Waals surface area (Å²) in [5, 5.41) is 15.9. The van der Waals surface area contributed by atoms with Gasteiger partial charge < -0.3 is 15.7 Å². The van der Waals surface area contributed by atoms with Crippen molar-refractivity contribution in [3.63, 3.8) is 0 Å². The molecule has 0 spiro atoms. The largest absolute Gasteiger partial charge is 0.394 e. The highest BCUT2D eigenvalue weighted by Crippen LogP contribution is 2.26. The summed E-state index contributed by atoms with van der Waals surface area (Å²) in [6, 6.07) is 9.63. The number of nitrogens with zero attached hydrogens (tertiary/aromatic N) is 3. The van der Waals surface area contributed by atoms with Crippen molar-refractivity contribution >= 4 is 29.1 Å². The molecule has 146 valence electrons. The number of halogens is 2. The lowest BCUT2D eigenvalue weighted by Crippen LogP contribution is -2.30. The van der Waals surface area contributed by atoms with E-state index in [9.17, 15) is 9.50 Å². The van der Waals surface area contributed by atoms with E-state index in [0.717, 1.165) is 5.56 Å². The van der Waals surface area contributed by atoms with E-state index < -0.39 is 5.82 Å². The van der Waals surface area contributed by atoms with E-state index in [0.29, 0.717) is 23.1 Å². The van der Waals surface area contributed by atoms with Crippen molar-refractivity contribution in [1.82, 2.24) is 15.0 Å². The molecule has 0 amide bonds. The molecule has 0 aliphatic heterocycles. The summed E-state index contributed by atoms with van der Waals surface area (Å²) in [6.45, 7) is 3.96. The van der Waals surface area contributed by atoms with Crippen LogP contribution in [0.15, 0.2) is 48.8 Å². The zero-order chi connectivity index (χ0) is 20.1. The predicted octanol–water partition coefficient (Wildman–Crippen LogP) is 4.50. The Morgan fingerprint density at radius 2 is 1.86 bits per heavy atom. The Labute approximate surface area is 167 Å². The van der Waals surface area contributed by atoms with Gasteiger partial charge in [-0.15, -0.1) is 0 Å². The van der Waals surface area contributed by atoms with E-state index >= 15 is 0 Å². The topological polar surface area (TPSA) is 83.0 Å². The number of aliphatic hydroxyl groups is 1. The van der Waals surface area contributed by atoms with Gasteiger partial charge in [0.05, 0.1) is 23.4 Å². The van der Waals surface area contributed by atoms with Crippen LogP contribution >= 0.6 is 11.6 Å². The van der Waals surface area contributed by atoms with Gasteiger partial charge in [-0.2, -0.15) is 4.98 Å². The van der Waals surface area contributed by atoms with Gasteiger partial charge in [0.1, 0.15) is 11.6 Å². The van der Waals surface area contributed by atoms with Gasteiger partial charge in [-0.05, 0) is 36.2 Å². The molecule has 6 nitrogen and oxygen atoms in total. The van der Waals surface area contributed by atoms with Gasteiger partial charge in [0.2, 0.25) is 5.95 Å². The van der Waals surface area contributed by atoms with Crippen molar-refractivity contribution in [2.24, 2.45) is 5.92 Å². The Balaban J connectivity index is 1.97. The lowest BCUT2D eigenvalue weighted by Gasteiger charge is -2.20. The third-order valence-electron chi connectivity index (χ3n) is 4.21. The van der Waals surface area contributed by atoms with Gasteiger partial charge >= 0.3 is 0 Å². The maximum absolute atomic E-state index is 13.4. The number of rotatable bonds is 7. The summed E-state index contributed by atoms with van der Waals surface area (Å²) in [5.41, 5.74) is 2.14. The first-order valence-electron chi connectivity index (χ1n) is 8.85. The highest BCUT2D eigenvalue weighted by molar-refractivity contribution is 6.31. The average Bonchev–Trinajstić information content (AvgIpc) is 2.69. The maximum Gasteiger partial charge on any atom is 0.225 e. The standard InChI is InChI=1S/C20H21ClFN5O/c1-12(2)18(11-28)26-20-25-17(13-5-7-23-8-6-13)10-19(27-20)24-14-3-4-16(22)15(21)9-14/h3-10,12,18,28H,11H2,1-2H3,(H2,24,25,26,27)/t18-/m1/s1. The van der Waals surface area contributed by atoms with Crippen LogP contribution in [0.1, 0.15) is 13.8 Å². The quantitative estimate of drug-likeness (QED) is 0.540. The van der Waals surface area contributed by atoms with E-state index in [4.69, 9.17) is 11.6 Å². The first-order chi connectivity index (χ1) is 13.5. The molecule has 8 heteroatoms. The SMILES string of the molecule is CC(C)[C@@H](CO)Nc1nc(Nc2ccc(F)c(Cl)c2)cc(-c2ccncc2)n1. The molecule has 28 heavy (non-hydrogen) atoms. The smallest absolute Gasteiger partial charge is 0.225 e. The fourth-order valence-corrected chi connectivity index (χ4v) is 2.74. The van der Waals surface area contributed by atoms with Crippen LogP contribution in [-0.2, 0) is 0 Å². The number of nitrogens with one attached hydrogen (secondary N) is 2. The van der Waals surface area contributed by atoms with Crippen molar-refractivity contribution in [3.8, 4) is 11.3 Å². The summed E-state index contributed by atoms with van der Waals surface area (Å²) < 4.78 is 13.4. The molecular formula is C20H21ClFN5O. The molecule has 0 radical (unpaired) electrons. The molecule has 0 saturated heterocycles. The fourth-order valence-electron chi connectivity index (χ4n) is 2.56. The third kappa shape index (κ3) is 4.94. The van der Waals surface area contributed by atoms with Gasteiger partial charge in [0.25, 0.3) is 0 Å². The van der Waals surface area contributed by atoms with E-state index in [1.807, 2.05) is 26.0 Å². The van der Waals surface area contributed by atoms with E-state index in [-0.39, 0.29) is 23.6 Å². The van der Waals surface area contributed by atoms with Crippen molar-refractivity contribution in [3.05, 3.63) is 59.6 Å². The minimum Gasteiger partial charge on any atom is -0.394 e. The molecule has 3 rings (SSSR count). The zero-order valence-electron chi connectivity index (χ0n) is 15.5. The molecule has 0 aliphatic carbocycles. The molecule has 1 atom stereocenters. The van der Waals surface area contributed by atoms with Gasteiger partial charge in [-0.3, -0.25) is 4.98 Å². The first-order valence-corrected chi connectivity index (χ1v) is 9.23. The first kappa shape index (κ1) is 20.0. The minimum absolute atomic E-state index is 0.0203. The Kier molecular flexibility index (Phi) is 6.38. The fraction of sp³-hybridized carbons (Fsp3) is 0.250. The van der Waals surface area contributed by atoms with Crippen LogP contribution in [0, 0.1) is 11.7 Å². The summed E-state index contributed by atoms with van der Waals surface area (Å²) in [6.07, 6.45) is 3.37. The van der Waals surface area contributed by atoms with Gasteiger partial charge in [0, 0.05) is 29.7 Å². The highest BCUT2D eigenvalue weighted by Gasteiger charge is 2.15. The van der Waals surface area contributed by atoms with Gasteiger partial charge in [-0.1, -0.05) is 25.4 Å². The number of hydrogen-bond donors (Lipinski definition) is 3. The normalized spacial score (nSPS) is 12.1. The van der Waals surface area contributed by atoms with Crippen molar-refractivity contribution in [2.45, 2.75) is 19.9 Å². The molecular weight excluding hydrogens is 381 g/mol. The third-order valence-corrected chi connectivity index (χ3v) is 4.50. The van der Waals surface area contributed by atoms with Gasteiger partial charge in [-0.25, -0.2) is 9.37 Å². The van der Waals surface area contributed by atoms with Crippen LogP contribution < -0.4 is 10.6 Å². The number of aromatic nitrogens is 3. The molecule has 3 N–H and O–H groups in total. The predicted molar refractivity (Wildman–Crippen MR) is 109 cm³/mol. The van der Waals surface area contributed by atoms with Crippen LogP contribution in [0.3, 0.4) is 0 Å². The van der Waals surface area contributed by atoms with Crippen molar-refractivity contribution in [1.29, 1.82) is 0 Å². The molecule has 3 aromatic rings. The zero-order valence-corrected chi connectivity index (χ0v) is 16.3. The molecule has 0 aliphatic rings. The highest BCUT2D eigenvalue weighted by atomic mass is 35.5. The number of benzene rings is 1. The van der Waals surface area contributed by atoms with Crippen LogP contribution in [-0.4, -0.2) is 32.7 Å². The summed E-state index contributed by atoms with van der Waals surface area (Å²) in [4.78, 5) is 13.1. The number of pyridine rings is 1. The van der Waals surface area contributed by atoms with E-state index in [1.54, 1.807) is 24.5 Å². The summed E-state index contributed by atoms with van der Waals surface area (Å²) in [7, 11) is 0. The summed E-state index contributed by atoms with van der Waals surface area (Å²) >= 11 is 5.87. The number of anilines is 3. The molecule has 1 aromatic carbocycles. The molecule has 0 fully saturated rings. The van der Waals surface area contributed by atoms with E-state index in [1.165, 1.54) is 12.1 Å². The lowest BCUT2D eigenvalue weighted by atomic mass is 10.1. The molecule has 0 saturated carbocycles. The second-order valence-corrected chi connectivity index (χ2v) is 7.04. The minimum atomic E-state index is -0.488. The number of hydrogen-bond acceptors (Lipinski definition) is 6. The Hall–Kier alpha value is -2.77. The van der Waals surface area contributed by atoms with Crippen LogP contribution in [0.5, 0.6) is 0 Å². The second-order valence-electron chi connectivity index (χ2n) is 6.63. The van der Waals surface area contributed by atoms with Crippen molar-refractivity contribution < 1.29 is 9.50 Å². The molecule has 0 bridgehead atoms. The number of aliphatic hydroxyl groups excluding tert-OH is 1. The molecule has 2 heterocycles. The Bertz CT molecular complexity index is 939. The second kappa shape index (κ2) is 8.95. The summed E-state index contributed by atoms with van der Waals surface area (Å²) in [5.74, 6) is 0.577. The Morgan fingerprint density at radius 3 is 2.50 bits per heavy atom. The van der Waals surface area contributed by atoms with Crippen molar-refractivity contribution in [2.75, 3.05) is 17.2 Å². The lowest BCUT2D eigenvalue weighted by molar-refractivity contribution is 0.248. The molecule has 0 unspecified atom stereocenters. The van der Waals surface area contributed by atoms with Crippen LogP contribution in [0.2, 0.25) is 5.02 Å². The molecule has 2 aromatic heterocycles. The average molecular weight is 402 g/mol. The maximum atomic E-state index is 13.4. The van der Waals surface area contributed by atoms with Crippen LogP contribution in [0.25, 0.3) is 11.3 Å². The van der Waals surface area contributed by atoms with Crippen LogP contribution in [0.4, 0.5) is 21.8 Å².